The van der Waals surface area contributed by atoms with Crippen LogP contribution in [0.15, 0.2) is 6.07 Å². The summed E-state index contributed by atoms with van der Waals surface area (Å²) < 4.78 is 48.4. The van der Waals surface area contributed by atoms with Crippen molar-refractivity contribution >= 4 is 5.82 Å². The number of rotatable bonds is 4. The normalized spacial score (nSPS) is 19.5. The highest BCUT2D eigenvalue weighted by molar-refractivity contribution is 5.38. The summed E-state index contributed by atoms with van der Waals surface area (Å²) in [4.78, 5) is 6.70. The van der Waals surface area contributed by atoms with Gasteiger partial charge in [0, 0.05) is 19.7 Å². The average molecular weight is 277 g/mol. The molecule has 5 nitrogen and oxygen atoms in total. The van der Waals surface area contributed by atoms with Crippen molar-refractivity contribution in [2.45, 2.75) is 25.1 Å². The van der Waals surface area contributed by atoms with E-state index < -0.39 is 12.0 Å². The lowest BCUT2D eigenvalue weighted by Crippen LogP contribution is -2.18. The van der Waals surface area contributed by atoms with Crippen molar-refractivity contribution in [3.8, 4) is 5.88 Å². The zero-order chi connectivity index (χ0) is 13.9. The fraction of sp³-hybridized carbons (Fsp3) is 0.636. The van der Waals surface area contributed by atoms with E-state index in [1.807, 2.05) is 0 Å². The molecule has 1 aliphatic heterocycles. The summed E-state index contributed by atoms with van der Waals surface area (Å²) >= 11 is 0. The second-order valence-electron chi connectivity index (χ2n) is 4.11. The van der Waals surface area contributed by atoms with E-state index in [1.165, 1.54) is 13.1 Å². The van der Waals surface area contributed by atoms with Gasteiger partial charge in [-0.05, 0) is 12.8 Å². The summed E-state index contributed by atoms with van der Waals surface area (Å²) in [6, 6.07) is 1.32. The number of hydrogen-bond donors (Lipinski definition) is 1. The SMILES string of the molecule is CNc1cc(OCC2CCCO2)nc(C(F)(F)F)n1. The van der Waals surface area contributed by atoms with Gasteiger partial charge in [-0.25, -0.2) is 4.98 Å². The number of aromatic nitrogens is 2. The minimum atomic E-state index is -4.60. The van der Waals surface area contributed by atoms with Crippen molar-refractivity contribution in [2.24, 2.45) is 0 Å². The van der Waals surface area contributed by atoms with E-state index in [9.17, 15) is 13.2 Å². The van der Waals surface area contributed by atoms with E-state index in [1.54, 1.807) is 0 Å². The highest BCUT2D eigenvalue weighted by Crippen LogP contribution is 2.29. The van der Waals surface area contributed by atoms with Gasteiger partial charge < -0.3 is 14.8 Å². The zero-order valence-corrected chi connectivity index (χ0v) is 10.3. The van der Waals surface area contributed by atoms with Gasteiger partial charge in [0.15, 0.2) is 0 Å². The molecule has 1 fully saturated rings. The molecule has 1 aromatic rings. The lowest BCUT2D eigenvalue weighted by Gasteiger charge is -2.13. The summed E-state index contributed by atoms with van der Waals surface area (Å²) in [6.07, 6.45) is -2.90. The van der Waals surface area contributed by atoms with Crippen molar-refractivity contribution in [2.75, 3.05) is 25.6 Å². The number of halogens is 3. The van der Waals surface area contributed by atoms with Crippen molar-refractivity contribution in [1.82, 2.24) is 9.97 Å². The molecule has 1 N–H and O–H groups in total. The number of nitrogens with one attached hydrogen (secondary N) is 1. The second-order valence-corrected chi connectivity index (χ2v) is 4.11. The van der Waals surface area contributed by atoms with Gasteiger partial charge in [-0.15, -0.1) is 0 Å². The fourth-order valence-corrected chi connectivity index (χ4v) is 1.71. The summed E-state index contributed by atoms with van der Waals surface area (Å²) in [5.74, 6) is -1.27. The first kappa shape index (κ1) is 13.9. The third-order valence-corrected chi connectivity index (χ3v) is 2.65. The van der Waals surface area contributed by atoms with Crippen LogP contribution >= 0.6 is 0 Å². The molecule has 0 bridgehead atoms. The van der Waals surface area contributed by atoms with Crippen LogP contribution in [0.1, 0.15) is 18.7 Å². The number of nitrogens with zero attached hydrogens (tertiary/aromatic N) is 2. The quantitative estimate of drug-likeness (QED) is 0.913. The molecule has 2 heterocycles. The third-order valence-electron chi connectivity index (χ3n) is 2.65. The van der Waals surface area contributed by atoms with Crippen molar-refractivity contribution in [3.05, 3.63) is 11.9 Å². The molecule has 1 unspecified atom stereocenters. The second kappa shape index (κ2) is 5.60. The summed E-state index contributed by atoms with van der Waals surface area (Å²) in [6.45, 7) is 0.852. The van der Waals surface area contributed by atoms with Crippen LogP contribution in [-0.4, -0.2) is 36.3 Å². The molecule has 1 aromatic heterocycles. The van der Waals surface area contributed by atoms with Gasteiger partial charge in [-0.3, -0.25) is 0 Å². The molecule has 2 rings (SSSR count). The topological polar surface area (TPSA) is 56.3 Å². The molecule has 0 spiro atoms. The highest BCUT2D eigenvalue weighted by atomic mass is 19.4. The first-order valence-corrected chi connectivity index (χ1v) is 5.87. The molecular weight excluding hydrogens is 263 g/mol. The Morgan fingerprint density at radius 1 is 1.47 bits per heavy atom. The molecule has 1 saturated heterocycles. The van der Waals surface area contributed by atoms with Crippen LogP contribution in [0.5, 0.6) is 5.88 Å². The third kappa shape index (κ3) is 3.69. The molecule has 0 aromatic carbocycles. The molecule has 0 saturated carbocycles. The molecule has 0 aliphatic carbocycles. The number of ether oxygens (including phenoxy) is 2. The van der Waals surface area contributed by atoms with Crippen LogP contribution in [0, 0.1) is 0 Å². The summed E-state index contributed by atoms with van der Waals surface area (Å²) in [5, 5.41) is 2.55. The molecule has 0 radical (unpaired) electrons. The Morgan fingerprint density at radius 3 is 2.84 bits per heavy atom. The monoisotopic (exact) mass is 277 g/mol. The van der Waals surface area contributed by atoms with Crippen molar-refractivity contribution in [1.29, 1.82) is 0 Å². The maximum Gasteiger partial charge on any atom is 0.451 e. The van der Waals surface area contributed by atoms with Gasteiger partial charge >= 0.3 is 6.18 Å². The Kier molecular flexibility index (Phi) is 4.08. The van der Waals surface area contributed by atoms with Gasteiger partial charge in [-0.1, -0.05) is 0 Å². The van der Waals surface area contributed by atoms with E-state index in [0.717, 1.165) is 12.8 Å². The molecule has 1 atom stereocenters. The Bertz CT molecular complexity index is 434. The molecular formula is C11H14F3N3O2. The Labute approximate surface area is 108 Å². The van der Waals surface area contributed by atoms with Gasteiger partial charge in [0.25, 0.3) is 0 Å². The van der Waals surface area contributed by atoms with Crippen LogP contribution in [-0.2, 0) is 10.9 Å². The summed E-state index contributed by atoms with van der Waals surface area (Å²) in [5.41, 5.74) is 0. The van der Waals surface area contributed by atoms with Crippen LogP contribution in [0.2, 0.25) is 0 Å². The van der Waals surface area contributed by atoms with E-state index in [4.69, 9.17) is 9.47 Å². The Balaban J connectivity index is 2.10. The molecule has 19 heavy (non-hydrogen) atoms. The van der Waals surface area contributed by atoms with E-state index in [-0.39, 0.29) is 24.4 Å². The number of hydrogen-bond acceptors (Lipinski definition) is 5. The molecule has 0 amide bonds. The van der Waals surface area contributed by atoms with Gasteiger partial charge in [0.05, 0.1) is 6.10 Å². The van der Waals surface area contributed by atoms with E-state index in [0.29, 0.717) is 6.61 Å². The van der Waals surface area contributed by atoms with Crippen molar-refractivity contribution in [3.63, 3.8) is 0 Å². The lowest BCUT2D eigenvalue weighted by atomic mass is 10.2. The van der Waals surface area contributed by atoms with E-state index in [2.05, 4.69) is 15.3 Å². The molecule has 8 heteroatoms. The van der Waals surface area contributed by atoms with Crippen molar-refractivity contribution < 1.29 is 22.6 Å². The first-order valence-electron chi connectivity index (χ1n) is 5.87. The standard InChI is InChI=1S/C11H14F3N3O2/c1-15-8-5-9(17-10(16-8)11(12,13)14)19-6-7-3-2-4-18-7/h5,7H,2-4,6H2,1H3,(H,15,16,17). The predicted molar refractivity (Wildman–Crippen MR) is 61.0 cm³/mol. The Morgan fingerprint density at radius 2 is 2.26 bits per heavy atom. The smallest absolute Gasteiger partial charge is 0.451 e. The zero-order valence-electron chi connectivity index (χ0n) is 10.3. The van der Waals surface area contributed by atoms with Crippen LogP contribution in [0.3, 0.4) is 0 Å². The van der Waals surface area contributed by atoms with Crippen LogP contribution in [0.25, 0.3) is 0 Å². The maximum absolute atomic E-state index is 12.6. The molecule has 1 aliphatic rings. The maximum atomic E-state index is 12.6. The minimum Gasteiger partial charge on any atom is -0.475 e. The predicted octanol–water partition coefficient (Wildman–Crippen LogP) is 2.09. The number of anilines is 1. The molecule has 106 valence electrons. The summed E-state index contributed by atoms with van der Waals surface area (Å²) in [7, 11) is 1.48. The first-order chi connectivity index (χ1) is 8.99. The van der Waals surface area contributed by atoms with Gasteiger partial charge in [-0.2, -0.15) is 18.2 Å². The van der Waals surface area contributed by atoms with E-state index >= 15 is 0 Å². The Hall–Kier alpha value is -1.57. The largest absolute Gasteiger partial charge is 0.475 e. The minimum absolute atomic E-state index is 0.0599. The fourth-order valence-electron chi connectivity index (χ4n) is 1.71. The van der Waals surface area contributed by atoms with Gasteiger partial charge in [0.1, 0.15) is 12.4 Å². The lowest BCUT2D eigenvalue weighted by molar-refractivity contribution is -0.145. The average Bonchev–Trinajstić information content (AvgIpc) is 2.88. The highest BCUT2D eigenvalue weighted by Gasteiger charge is 2.35. The number of alkyl halides is 3. The van der Waals surface area contributed by atoms with Crippen LogP contribution in [0.4, 0.5) is 19.0 Å². The van der Waals surface area contributed by atoms with Gasteiger partial charge in [0.2, 0.25) is 11.7 Å². The van der Waals surface area contributed by atoms with Crippen LogP contribution < -0.4 is 10.1 Å².